The van der Waals surface area contributed by atoms with E-state index in [-0.39, 0.29) is 28.4 Å². The molecule has 1 aliphatic heterocycles. The Kier molecular flexibility index (Phi) is 5.11. The molecule has 8 heteroatoms. The van der Waals surface area contributed by atoms with Crippen molar-refractivity contribution in [1.82, 2.24) is 10.4 Å². The van der Waals surface area contributed by atoms with Gasteiger partial charge in [-0.05, 0) is 41.7 Å². The monoisotopic (exact) mass is 436 g/mol. The highest BCUT2D eigenvalue weighted by Gasteiger charge is 2.45. The van der Waals surface area contributed by atoms with Crippen LogP contribution in [0.1, 0.15) is 48.7 Å². The summed E-state index contributed by atoms with van der Waals surface area (Å²) < 4.78 is 5.17. The number of carbonyl (C=O) groups is 2. The third kappa shape index (κ3) is 3.71. The Morgan fingerprint density at radius 2 is 2.10 bits per heavy atom. The highest BCUT2D eigenvalue weighted by molar-refractivity contribution is 6.30. The molecule has 2 heterocycles. The molecule has 0 fully saturated rings. The first-order valence-corrected chi connectivity index (χ1v) is 10.2. The number of benzene rings is 1. The van der Waals surface area contributed by atoms with Crippen molar-refractivity contribution in [1.29, 1.82) is 5.26 Å². The molecular weight excluding hydrogens is 416 g/mol. The lowest BCUT2D eigenvalue weighted by Gasteiger charge is -2.43. The van der Waals surface area contributed by atoms with Gasteiger partial charge in [-0.15, -0.1) is 0 Å². The number of Topliss-reactive ketones (excluding diaryl/α,β-unsaturated/α-hetero) is 1. The summed E-state index contributed by atoms with van der Waals surface area (Å²) in [5.41, 5.74) is 10.7. The molecule has 31 heavy (non-hydrogen) atoms. The maximum atomic E-state index is 13.3. The van der Waals surface area contributed by atoms with Crippen molar-refractivity contribution < 1.29 is 14.0 Å². The molecule has 0 saturated heterocycles. The Hall–Kier alpha value is -3.50. The second kappa shape index (κ2) is 7.64. The first-order chi connectivity index (χ1) is 14.7. The van der Waals surface area contributed by atoms with Crippen molar-refractivity contribution in [3.05, 3.63) is 81.7 Å². The summed E-state index contributed by atoms with van der Waals surface area (Å²) in [7, 11) is 0. The number of nitrogens with one attached hydrogen (secondary N) is 1. The largest absolute Gasteiger partial charge is 0.459 e. The SMILES string of the molecule is CC1(C)CC(=O)C2=C(C1)N(NC(=O)c1ccco1)C(N)=C(C#N)C2c1cccc(Cl)c1. The van der Waals surface area contributed by atoms with Gasteiger partial charge in [-0.2, -0.15) is 5.26 Å². The Morgan fingerprint density at radius 3 is 2.74 bits per heavy atom. The van der Waals surface area contributed by atoms with E-state index in [0.717, 1.165) is 0 Å². The van der Waals surface area contributed by atoms with Crippen LogP contribution in [0.5, 0.6) is 0 Å². The molecule has 2 aromatic rings. The van der Waals surface area contributed by atoms with E-state index in [9.17, 15) is 14.9 Å². The molecule has 1 unspecified atom stereocenters. The molecule has 0 spiro atoms. The number of hydrogen-bond acceptors (Lipinski definition) is 6. The molecule has 1 amide bonds. The number of amides is 1. The minimum absolute atomic E-state index is 0.0663. The van der Waals surface area contributed by atoms with Crippen molar-refractivity contribution >= 4 is 23.3 Å². The number of hydrogen-bond donors (Lipinski definition) is 2. The van der Waals surface area contributed by atoms with Crippen molar-refractivity contribution in [3.8, 4) is 6.07 Å². The summed E-state index contributed by atoms with van der Waals surface area (Å²) in [6.45, 7) is 3.96. The van der Waals surface area contributed by atoms with Crippen LogP contribution in [0, 0.1) is 16.7 Å². The van der Waals surface area contributed by atoms with E-state index < -0.39 is 11.8 Å². The first-order valence-electron chi connectivity index (χ1n) is 9.78. The van der Waals surface area contributed by atoms with Gasteiger partial charge in [-0.25, -0.2) is 5.01 Å². The van der Waals surface area contributed by atoms with E-state index in [2.05, 4.69) is 11.5 Å². The number of halogens is 1. The first kappa shape index (κ1) is 20.8. The van der Waals surface area contributed by atoms with E-state index in [1.165, 1.54) is 17.3 Å². The molecule has 1 aliphatic carbocycles. The zero-order chi connectivity index (χ0) is 22.3. The van der Waals surface area contributed by atoms with Crippen LogP contribution >= 0.6 is 11.6 Å². The molecule has 3 N–H and O–H groups in total. The minimum Gasteiger partial charge on any atom is -0.459 e. The molecule has 0 radical (unpaired) electrons. The standard InChI is InChI=1S/C23H21ClN4O3/c1-23(2)10-16-20(17(29)11-23)19(13-5-3-6-14(24)9-13)15(12-25)21(26)28(16)27-22(30)18-7-4-8-31-18/h3-9,19H,10-11,26H2,1-2H3,(H,27,30). The molecule has 158 valence electrons. The van der Waals surface area contributed by atoms with Gasteiger partial charge in [0.25, 0.3) is 0 Å². The number of hydrazine groups is 1. The lowest BCUT2D eigenvalue weighted by molar-refractivity contribution is -0.118. The Morgan fingerprint density at radius 1 is 1.32 bits per heavy atom. The summed E-state index contributed by atoms with van der Waals surface area (Å²) in [5.74, 6) is -1.12. The van der Waals surface area contributed by atoms with Gasteiger partial charge in [0.1, 0.15) is 5.82 Å². The second-order valence-electron chi connectivity index (χ2n) is 8.45. The number of ketones is 1. The lowest BCUT2D eigenvalue weighted by Crippen LogP contribution is -2.49. The zero-order valence-corrected chi connectivity index (χ0v) is 17.9. The van der Waals surface area contributed by atoms with Crippen LogP contribution in [0.4, 0.5) is 0 Å². The maximum absolute atomic E-state index is 13.3. The quantitative estimate of drug-likeness (QED) is 0.751. The average Bonchev–Trinajstić information content (AvgIpc) is 3.24. The van der Waals surface area contributed by atoms with Crippen LogP contribution in [0.3, 0.4) is 0 Å². The predicted molar refractivity (Wildman–Crippen MR) is 114 cm³/mol. The van der Waals surface area contributed by atoms with E-state index in [1.807, 2.05) is 19.9 Å². The molecule has 1 atom stereocenters. The summed E-state index contributed by atoms with van der Waals surface area (Å²) in [4.78, 5) is 26.0. The van der Waals surface area contributed by atoms with E-state index in [1.54, 1.807) is 24.3 Å². The molecule has 0 bridgehead atoms. The van der Waals surface area contributed by atoms with E-state index in [4.69, 9.17) is 21.8 Å². The third-order valence-electron chi connectivity index (χ3n) is 5.52. The van der Waals surface area contributed by atoms with Gasteiger partial charge in [0.15, 0.2) is 11.5 Å². The highest BCUT2D eigenvalue weighted by Crippen LogP contribution is 2.48. The molecule has 1 aromatic carbocycles. The maximum Gasteiger partial charge on any atom is 0.305 e. The molecular formula is C23H21ClN4O3. The lowest BCUT2D eigenvalue weighted by atomic mass is 9.69. The van der Waals surface area contributed by atoms with Crippen molar-refractivity contribution in [2.24, 2.45) is 11.1 Å². The van der Waals surface area contributed by atoms with Crippen LogP contribution < -0.4 is 11.2 Å². The summed E-state index contributed by atoms with van der Waals surface area (Å²) >= 11 is 6.19. The topological polar surface area (TPSA) is 112 Å². The fourth-order valence-electron chi connectivity index (χ4n) is 4.22. The molecule has 1 aromatic heterocycles. The van der Waals surface area contributed by atoms with Gasteiger partial charge in [0.05, 0.1) is 29.5 Å². The fraction of sp³-hybridized carbons (Fsp3) is 0.261. The number of nitrogens with zero attached hydrogens (tertiary/aromatic N) is 2. The smallest absolute Gasteiger partial charge is 0.305 e. The third-order valence-corrected chi connectivity index (χ3v) is 5.76. The molecule has 2 aliphatic rings. The molecule has 4 rings (SSSR count). The van der Waals surface area contributed by atoms with Gasteiger partial charge in [0, 0.05) is 17.0 Å². The van der Waals surface area contributed by atoms with Crippen molar-refractivity contribution in [3.63, 3.8) is 0 Å². The molecule has 7 nitrogen and oxygen atoms in total. The van der Waals surface area contributed by atoms with Crippen LogP contribution in [0.25, 0.3) is 0 Å². The average molecular weight is 437 g/mol. The number of carbonyl (C=O) groups excluding carboxylic acids is 2. The Balaban J connectivity index is 1.88. The zero-order valence-electron chi connectivity index (χ0n) is 17.1. The van der Waals surface area contributed by atoms with Crippen LogP contribution in [-0.2, 0) is 4.79 Å². The number of furan rings is 1. The van der Waals surface area contributed by atoms with Gasteiger partial charge < -0.3 is 10.2 Å². The fourth-order valence-corrected chi connectivity index (χ4v) is 4.42. The summed E-state index contributed by atoms with van der Waals surface area (Å²) in [6, 6.07) is 12.3. The number of nitrogens with two attached hydrogens (primary N) is 1. The van der Waals surface area contributed by atoms with Gasteiger partial charge >= 0.3 is 5.91 Å². The number of nitriles is 1. The van der Waals surface area contributed by atoms with E-state index >= 15 is 0 Å². The van der Waals surface area contributed by atoms with Crippen molar-refractivity contribution in [2.75, 3.05) is 0 Å². The second-order valence-corrected chi connectivity index (χ2v) is 8.89. The van der Waals surface area contributed by atoms with Crippen LogP contribution in [0.2, 0.25) is 5.02 Å². The van der Waals surface area contributed by atoms with E-state index in [0.29, 0.717) is 34.7 Å². The van der Waals surface area contributed by atoms with Gasteiger partial charge in [0.2, 0.25) is 0 Å². The summed E-state index contributed by atoms with van der Waals surface area (Å²) in [5, 5.41) is 11.8. The highest BCUT2D eigenvalue weighted by atomic mass is 35.5. The minimum atomic E-state index is -0.654. The van der Waals surface area contributed by atoms with Crippen LogP contribution in [-0.4, -0.2) is 16.7 Å². The van der Waals surface area contributed by atoms with Crippen LogP contribution in [0.15, 0.2) is 69.7 Å². The molecule has 0 saturated carbocycles. The van der Waals surface area contributed by atoms with Gasteiger partial charge in [-0.3, -0.25) is 15.0 Å². The summed E-state index contributed by atoms with van der Waals surface area (Å²) in [6.07, 6.45) is 2.20. The van der Waals surface area contributed by atoms with Crippen molar-refractivity contribution in [2.45, 2.75) is 32.6 Å². The number of rotatable bonds is 3. The normalized spacial score (nSPS) is 20.4. The number of allylic oxidation sites excluding steroid dienone is 3. The Bertz CT molecular complexity index is 1170. The predicted octanol–water partition coefficient (Wildman–Crippen LogP) is 4.01. The van der Waals surface area contributed by atoms with Gasteiger partial charge in [-0.1, -0.05) is 37.6 Å². The Labute approximate surface area is 184 Å².